The molecule has 158 valence electrons. The van der Waals surface area contributed by atoms with Crippen LogP contribution in [0.4, 0.5) is 23.1 Å². The molecule has 1 aliphatic carbocycles. The molecule has 0 bridgehead atoms. The maximum absolute atomic E-state index is 6.64. The van der Waals surface area contributed by atoms with E-state index in [0.29, 0.717) is 5.95 Å². The van der Waals surface area contributed by atoms with Crippen molar-refractivity contribution in [2.75, 3.05) is 48.8 Å². The van der Waals surface area contributed by atoms with Crippen molar-refractivity contribution in [3.05, 3.63) is 34.2 Å². The minimum atomic E-state index is 0.153. The van der Waals surface area contributed by atoms with Crippen LogP contribution in [0, 0.1) is 6.92 Å². The summed E-state index contributed by atoms with van der Waals surface area (Å²) in [6, 6.07) is 6.12. The van der Waals surface area contributed by atoms with Gasteiger partial charge in [-0.3, -0.25) is 0 Å². The Kier molecular flexibility index (Phi) is 5.00. The molecule has 3 aromatic rings. The summed E-state index contributed by atoms with van der Waals surface area (Å²) in [7, 11) is 2.16. The van der Waals surface area contributed by atoms with Crippen LogP contribution >= 0.6 is 22.9 Å². The molecular formula is C22H27ClN6S. The quantitative estimate of drug-likeness (QED) is 0.572. The molecule has 0 radical (unpaired) electrons. The standard InChI is InChI=1S/C22H27ClN6S/c1-14-13-30-20-18(14)19(27-22(2)6-7-22)25-21(26-20)24-15-4-5-17(16(23)12-15)29-10-8-28(3)9-11-29/h4-5,12-13H,6-11H2,1-3H3,(H2,24,25,26,27). The van der Waals surface area contributed by atoms with Crippen LogP contribution in [0.3, 0.4) is 0 Å². The van der Waals surface area contributed by atoms with Gasteiger partial charge in [0.2, 0.25) is 5.95 Å². The van der Waals surface area contributed by atoms with Gasteiger partial charge in [0, 0.05) is 37.4 Å². The third-order valence-electron chi connectivity index (χ3n) is 6.09. The molecule has 2 fully saturated rings. The van der Waals surface area contributed by atoms with Crippen LogP contribution in [-0.2, 0) is 0 Å². The van der Waals surface area contributed by atoms with Crippen LogP contribution in [0.15, 0.2) is 23.6 Å². The minimum absolute atomic E-state index is 0.153. The van der Waals surface area contributed by atoms with Crippen LogP contribution in [0.2, 0.25) is 5.02 Å². The van der Waals surface area contributed by atoms with E-state index in [4.69, 9.17) is 21.6 Å². The number of hydrogen-bond acceptors (Lipinski definition) is 7. The Balaban J connectivity index is 1.41. The van der Waals surface area contributed by atoms with Gasteiger partial charge in [0.05, 0.1) is 16.1 Å². The second-order valence-electron chi connectivity index (χ2n) is 8.76. The first-order chi connectivity index (χ1) is 14.4. The number of likely N-dealkylation sites (N-methyl/N-ethyl adjacent to an activating group) is 1. The van der Waals surface area contributed by atoms with Gasteiger partial charge in [-0.25, -0.2) is 4.98 Å². The minimum Gasteiger partial charge on any atom is -0.368 e. The SMILES string of the molecule is Cc1csc2nc(Nc3ccc(N4CCN(C)CC4)c(Cl)c3)nc(NC3(C)CC3)c12. The summed E-state index contributed by atoms with van der Waals surface area (Å²) in [4.78, 5) is 15.3. The molecule has 2 N–H and O–H groups in total. The van der Waals surface area contributed by atoms with Gasteiger partial charge in [0.25, 0.3) is 0 Å². The van der Waals surface area contributed by atoms with Gasteiger partial charge in [-0.15, -0.1) is 11.3 Å². The zero-order valence-corrected chi connectivity index (χ0v) is 19.2. The first-order valence-corrected chi connectivity index (χ1v) is 11.7. The molecule has 0 amide bonds. The number of benzene rings is 1. The zero-order valence-electron chi connectivity index (χ0n) is 17.6. The smallest absolute Gasteiger partial charge is 0.230 e. The first kappa shape index (κ1) is 19.8. The predicted octanol–water partition coefficient (Wildman–Crippen LogP) is 5.11. The first-order valence-electron chi connectivity index (χ1n) is 10.4. The molecule has 0 unspecified atom stereocenters. The molecule has 1 saturated carbocycles. The van der Waals surface area contributed by atoms with Crippen LogP contribution < -0.4 is 15.5 Å². The second kappa shape index (κ2) is 7.55. The number of nitrogens with zero attached hydrogens (tertiary/aromatic N) is 4. The fraction of sp³-hybridized carbons (Fsp3) is 0.455. The van der Waals surface area contributed by atoms with Gasteiger partial charge >= 0.3 is 0 Å². The van der Waals surface area contributed by atoms with E-state index in [9.17, 15) is 0 Å². The zero-order chi connectivity index (χ0) is 20.9. The highest BCUT2D eigenvalue weighted by atomic mass is 35.5. The topological polar surface area (TPSA) is 56.3 Å². The number of piperazine rings is 1. The fourth-order valence-corrected chi connectivity index (χ4v) is 5.07. The normalized spacial score (nSPS) is 18.6. The molecule has 1 aromatic carbocycles. The lowest BCUT2D eigenvalue weighted by Crippen LogP contribution is -2.44. The maximum Gasteiger partial charge on any atom is 0.230 e. The molecule has 0 atom stereocenters. The van der Waals surface area contributed by atoms with Gasteiger partial charge in [-0.2, -0.15) is 4.98 Å². The van der Waals surface area contributed by atoms with Gasteiger partial charge < -0.3 is 20.4 Å². The van der Waals surface area contributed by atoms with E-state index in [1.54, 1.807) is 11.3 Å². The van der Waals surface area contributed by atoms with E-state index < -0.39 is 0 Å². The van der Waals surface area contributed by atoms with Crippen molar-refractivity contribution in [3.8, 4) is 0 Å². The molecule has 1 saturated heterocycles. The van der Waals surface area contributed by atoms with E-state index >= 15 is 0 Å². The number of thiophene rings is 1. The van der Waals surface area contributed by atoms with Crippen molar-refractivity contribution in [3.63, 3.8) is 0 Å². The summed E-state index contributed by atoms with van der Waals surface area (Å²) in [6.45, 7) is 8.46. The highest BCUT2D eigenvalue weighted by molar-refractivity contribution is 7.17. The maximum atomic E-state index is 6.64. The van der Waals surface area contributed by atoms with Crippen LogP contribution in [0.5, 0.6) is 0 Å². The molecule has 6 nitrogen and oxygen atoms in total. The monoisotopic (exact) mass is 442 g/mol. The number of fused-ring (bicyclic) bond motifs is 1. The highest BCUT2D eigenvalue weighted by Gasteiger charge is 2.38. The number of aryl methyl sites for hydroxylation is 1. The lowest BCUT2D eigenvalue weighted by molar-refractivity contribution is 0.313. The highest BCUT2D eigenvalue weighted by Crippen LogP contribution is 2.41. The third kappa shape index (κ3) is 3.94. The van der Waals surface area contributed by atoms with Gasteiger partial charge in [0.15, 0.2) is 0 Å². The molecule has 8 heteroatoms. The molecule has 0 spiro atoms. The third-order valence-corrected chi connectivity index (χ3v) is 7.38. The summed E-state index contributed by atoms with van der Waals surface area (Å²) in [5.74, 6) is 1.51. The van der Waals surface area contributed by atoms with E-state index in [1.165, 1.54) is 18.4 Å². The summed E-state index contributed by atoms with van der Waals surface area (Å²) in [6.07, 6.45) is 2.35. The molecular weight excluding hydrogens is 416 g/mol. The van der Waals surface area contributed by atoms with Gasteiger partial charge in [-0.05, 0) is 62.9 Å². The number of nitrogens with one attached hydrogen (secondary N) is 2. The van der Waals surface area contributed by atoms with Crippen LogP contribution in [0.1, 0.15) is 25.3 Å². The lowest BCUT2D eigenvalue weighted by atomic mass is 10.2. The van der Waals surface area contributed by atoms with E-state index in [-0.39, 0.29) is 5.54 Å². The van der Waals surface area contributed by atoms with Crippen molar-refractivity contribution in [2.45, 2.75) is 32.2 Å². The molecule has 30 heavy (non-hydrogen) atoms. The largest absolute Gasteiger partial charge is 0.368 e. The average Bonchev–Trinajstić information content (AvgIpc) is 3.31. The van der Waals surface area contributed by atoms with E-state index in [1.807, 2.05) is 6.07 Å². The summed E-state index contributed by atoms with van der Waals surface area (Å²) in [5.41, 5.74) is 3.35. The number of halogens is 1. The average molecular weight is 443 g/mol. The second-order valence-corrected chi connectivity index (χ2v) is 10.0. The Hall–Kier alpha value is -2.09. The number of aromatic nitrogens is 2. The van der Waals surface area contributed by atoms with E-state index in [2.05, 4.69) is 58.8 Å². The van der Waals surface area contributed by atoms with Gasteiger partial charge in [0.1, 0.15) is 10.6 Å². The Morgan fingerprint density at radius 3 is 2.60 bits per heavy atom. The number of anilines is 4. The Morgan fingerprint density at radius 2 is 1.90 bits per heavy atom. The molecule has 2 aromatic heterocycles. The lowest BCUT2D eigenvalue weighted by Gasteiger charge is -2.34. The van der Waals surface area contributed by atoms with Crippen molar-refractivity contribution in [2.24, 2.45) is 0 Å². The van der Waals surface area contributed by atoms with Crippen LogP contribution in [0.25, 0.3) is 10.2 Å². The number of hydrogen-bond donors (Lipinski definition) is 2. The molecule has 3 heterocycles. The summed E-state index contributed by atoms with van der Waals surface area (Å²) >= 11 is 8.30. The molecule has 5 rings (SSSR count). The summed E-state index contributed by atoms with van der Waals surface area (Å²) in [5, 5.41) is 11.0. The fourth-order valence-electron chi connectivity index (χ4n) is 3.85. The molecule has 2 aliphatic rings. The number of rotatable bonds is 5. The Morgan fingerprint density at radius 1 is 1.13 bits per heavy atom. The van der Waals surface area contributed by atoms with Crippen molar-refractivity contribution >= 4 is 56.3 Å². The van der Waals surface area contributed by atoms with Gasteiger partial charge in [-0.1, -0.05) is 11.6 Å². The molecule has 1 aliphatic heterocycles. The van der Waals surface area contributed by atoms with Crippen molar-refractivity contribution in [1.29, 1.82) is 0 Å². The predicted molar refractivity (Wildman–Crippen MR) is 128 cm³/mol. The summed E-state index contributed by atoms with van der Waals surface area (Å²) < 4.78 is 0. The van der Waals surface area contributed by atoms with Crippen LogP contribution in [-0.4, -0.2) is 53.6 Å². The van der Waals surface area contributed by atoms with Crippen molar-refractivity contribution in [1.82, 2.24) is 14.9 Å². The Bertz CT molecular complexity index is 1080. The Labute approximate surface area is 186 Å². The van der Waals surface area contributed by atoms with E-state index in [0.717, 1.165) is 58.6 Å². The van der Waals surface area contributed by atoms with Crippen molar-refractivity contribution < 1.29 is 0 Å².